The first-order valence-electron chi connectivity index (χ1n) is 5.65. The molecule has 0 aliphatic carbocycles. The Morgan fingerprint density at radius 2 is 2.00 bits per heavy atom. The Labute approximate surface area is 124 Å². The summed E-state index contributed by atoms with van der Waals surface area (Å²) in [6, 6.07) is 8.93. The predicted octanol–water partition coefficient (Wildman–Crippen LogP) is 1.86. The molecule has 0 saturated carbocycles. The average molecular weight is 338 g/mol. The quantitative estimate of drug-likeness (QED) is 0.543. The van der Waals surface area contributed by atoms with Crippen molar-refractivity contribution in [1.29, 1.82) is 5.26 Å². The molecular weight excluding hydrogens is 326 g/mol. The number of anilines is 1. The molecule has 104 valence electrons. The Kier molecular flexibility index (Phi) is 6.26. The maximum absolute atomic E-state index is 11.6. The lowest BCUT2D eigenvalue weighted by molar-refractivity contribution is -0.136. The fourth-order valence-electron chi connectivity index (χ4n) is 1.23. The minimum absolute atomic E-state index is 0.0224. The van der Waals surface area contributed by atoms with E-state index in [2.05, 4.69) is 26.6 Å². The van der Waals surface area contributed by atoms with Crippen LogP contribution >= 0.6 is 15.9 Å². The van der Waals surface area contributed by atoms with E-state index in [1.165, 1.54) is 6.20 Å². The van der Waals surface area contributed by atoms with E-state index in [1.807, 2.05) is 12.1 Å². The van der Waals surface area contributed by atoms with Gasteiger partial charge in [-0.25, -0.2) is 0 Å². The van der Waals surface area contributed by atoms with E-state index in [9.17, 15) is 9.59 Å². The number of carbonyl (C=O) groups excluding carboxylic acids is 1. The van der Waals surface area contributed by atoms with Crippen LogP contribution in [-0.2, 0) is 9.59 Å². The average Bonchev–Trinajstić information content (AvgIpc) is 2.41. The molecule has 1 amide bonds. The minimum atomic E-state index is -1.01. The first-order chi connectivity index (χ1) is 9.52. The fourth-order valence-corrected chi connectivity index (χ4v) is 1.49. The van der Waals surface area contributed by atoms with Crippen molar-refractivity contribution >= 4 is 33.5 Å². The second-order valence-electron chi connectivity index (χ2n) is 3.72. The SMILES string of the molecule is N#C/C(=C/Nc1ccc(Br)cc1)C(=O)NCCC(=O)O. The van der Waals surface area contributed by atoms with Crippen molar-refractivity contribution in [2.24, 2.45) is 0 Å². The van der Waals surface area contributed by atoms with Gasteiger partial charge in [-0.2, -0.15) is 5.26 Å². The molecule has 1 aromatic carbocycles. The fraction of sp³-hybridized carbons (Fsp3) is 0.154. The molecule has 0 heterocycles. The number of nitriles is 1. The molecule has 20 heavy (non-hydrogen) atoms. The third-order valence-corrected chi connectivity index (χ3v) is 2.75. The molecule has 0 saturated heterocycles. The van der Waals surface area contributed by atoms with Gasteiger partial charge in [0.2, 0.25) is 0 Å². The van der Waals surface area contributed by atoms with E-state index in [0.717, 1.165) is 10.2 Å². The van der Waals surface area contributed by atoms with Crippen LogP contribution in [0.15, 0.2) is 40.5 Å². The second kappa shape index (κ2) is 7.96. The summed E-state index contributed by atoms with van der Waals surface area (Å²) in [5, 5.41) is 22.5. The molecule has 0 spiro atoms. The zero-order valence-corrected chi connectivity index (χ0v) is 12.0. The zero-order valence-electron chi connectivity index (χ0n) is 10.4. The number of halogens is 1. The van der Waals surface area contributed by atoms with Gasteiger partial charge in [-0.05, 0) is 24.3 Å². The number of rotatable bonds is 6. The number of amides is 1. The van der Waals surface area contributed by atoms with Crippen LogP contribution in [0.3, 0.4) is 0 Å². The zero-order chi connectivity index (χ0) is 15.0. The third-order valence-electron chi connectivity index (χ3n) is 2.22. The van der Waals surface area contributed by atoms with Gasteiger partial charge in [0, 0.05) is 22.9 Å². The maximum atomic E-state index is 11.6. The Morgan fingerprint density at radius 1 is 1.35 bits per heavy atom. The van der Waals surface area contributed by atoms with Crippen molar-refractivity contribution in [3.8, 4) is 6.07 Å². The monoisotopic (exact) mass is 337 g/mol. The van der Waals surface area contributed by atoms with Crippen LogP contribution < -0.4 is 10.6 Å². The van der Waals surface area contributed by atoms with Gasteiger partial charge < -0.3 is 15.7 Å². The van der Waals surface area contributed by atoms with Crippen LogP contribution in [0.5, 0.6) is 0 Å². The number of carboxylic acid groups (broad SMARTS) is 1. The number of nitrogens with zero attached hydrogens (tertiary/aromatic N) is 1. The summed E-state index contributed by atoms with van der Waals surface area (Å²) in [6.07, 6.45) is 1.09. The van der Waals surface area contributed by atoms with Crippen molar-refractivity contribution in [3.05, 3.63) is 40.5 Å². The summed E-state index contributed by atoms with van der Waals surface area (Å²) in [5.41, 5.74) is 0.595. The number of carbonyl (C=O) groups is 2. The normalized spacial score (nSPS) is 10.5. The van der Waals surface area contributed by atoms with Crippen LogP contribution in [0.4, 0.5) is 5.69 Å². The maximum Gasteiger partial charge on any atom is 0.305 e. The molecule has 1 rings (SSSR count). The summed E-state index contributed by atoms with van der Waals surface area (Å²) < 4.78 is 0.916. The van der Waals surface area contributed by atoms with Gasteiger partial charge in [-0.1, -0.05) is 15.9 Å². The summed E-state index contributed by atoms with van der Waals surface area (Å²) in [7, 11) is 0. The van der Waals surface area contributed by atoms with E-state index >= 15 is 0 Å². The summed E-state index contributed by atoms with van der Waals surface area (Å²) in [4.78, 5) is 21.9. The first-order valence-corrected chi connectivity index (χ1v) is 6.44. The molecule has 0 fully saturated rings. The van der Waals surface area contributed by atoms with E-state index in [-0.39, 0.29) is 18.5 Å². The van der Waals surface area contributed by atoms with Gasteiger partial charge in [0.25, 0.3) is 5.91 Å². The smallest absolute Gasteiger partial charge is 0.305 e. The van der Waals surface area contributed by atoms with Gasteiger partial charge in [0.1, 0.15) is 11.6 Å². The molecule has 0 bridgehead atoms. The predicted molar refractivity (Wildman–Crippen MR) is 76.7 cm³/mol. The van der Waals surface area contributed by atoms with Gasteiger partial charge in [-0.3, -0.25) is 9.59 Å². The highest BCUT2D eigenvalue weighted by Crippen LogP contribution is 2.14. The number of nitrogens with one attached hydrogen (secondary N) is 2. The summed E-state index contributed by atoms with van der Waals surface area (Å²) in [6.45, 7) is -0.0224. The lowest BCUT2D eigenvalue weighted by atomic mass is 10.2. The lowest BCUT2D eigenvalue weighted by Crippen LogP contribution is -2.27. The van der Waals surface area contributed by atoms with Crippen LogP contribution in [0.1, 0.15) is 6.42 Å². The number of aliphatic carboxylic acids is 1. The highest BCUT2D eigenvalue weighted by Gasteiger charge is 2.08. The molecular formula is C13H12BrN3O3. The summed E-state index contributed by atoms with van der Waals surface area (Å²) >= 11 is 3.29. The minimum Gasteiger partial charge on any atom is -0.481 e. The van der Waals surface area contributed by atoms with Crippen molar-refractivity contribution < 1.29 is 14.7 Å². The molecule has 0 atom stereocenters. The summed E-state index contributed by atoms with van der Waals surface area (Å²) in [5.74, 6) is -1.63. The van der Waals surface area contributed by atoms with Crippen molar-refractivity contribution in [2.75, 3.05) is 11.9 Å². The molecule has 7 heteroatoms. The van der Waals surface area contributed by atoms with Crippen molar-refractivity contribution in [3.63, 3.8) is 0 Å². The highest BCUT2D eigenvalue weighted by molar-refractivity contribution is 9.10. The molecule has 3 N–H and O–H groups in total. The van der Waals surface area contributed by atoms with Gasteiger partial charge in [0.05, 0.1) is 6.42 Å². The highest BCUT2D eigenvalue weighted by atomic mass is 79.9. The van der Waals surface area contributed by atoms with Crippen LogP contribution in [0, 0.1) is 11.3 Å². The Bertz CT molecular complexity index is 561. The Hall–Kier alpha value is -2.33. The van der Waals surface area contributed by atoms with Gasteiger partial charge in [0.15, 0.2) is 0 Å². The second-order valence-corrected chi connectivity index (χ2v) is 4.64. The number of hydrogen-bond acceptors (Lipinski definition) is 4. The number of hydrogen-bond donors (Lipinski definition) is 3. The van der Waals surface area contributed by atoms with E-state index in [4.69, 9.17) is 10.4 Å². The topological polar surface area (TPSA) is 102 Å². The molecule has 0 aromatic heterocycles. The largest absolute Gasteiger partial charge is 0.481 e. The van der Waals surface area contributed by atoms with E-state index in [0.29, 0.717) is 0 Å². The van der Waals surface area contributed by atoms with Crippen molar-refractivity contribution in [2.45, 2.75) is 6.42 Å². The first kappa shape index (κ1) is 15.7. The third kappa shape index (κ3) is 5.54. The standard InChI is InChI=1S/C13H12BrN3O3/c14-10-1-3-11(4-2-10)17-8-9(7-15)13(20)16-6-5-12(18)19/h1-4,8,17H,5-6H2,(H,16,20)(H,18,19)/b9-8-. The molecule has 6 nitrogen and oxygen atoms in total. The lowest BCUT2D eigenvalue weighted by Gasteiger charge is -2.04. The van der Waals surface area contributed by atoms with Crippen LogP contribution in [0.25, 0.3) is 0 Å². The molecule has 0 unspecified atom stereocenters. The van der Waals surface area contributed by atoms with Crippen LogP contribution in [0.2, 0.25) is 0 Å². The number of carboxylic acids is 1. The van der Waals surface area contributed by atoms with Crippen LogP contribution in [-0.4, -0.2) is 23.5 Å². The Morgan fingerprint density at radius 3 is 2.55 bits per heavy atom. The molecule has 1 aromatic rings. The molecule has 0 aliphatic heterocycles. The van der Waals surface area contributed by atoms with E-state index in [1.54, 1.807) is 18.2 Å². The van der Waals surface area contributed by atoms with Gasteiger partial charge in [-0.15, -0.1) is 0 Å². The Balaban J connectivity index is 2.58. The number of benzene rings is 1. The van der Waals surface area contributed by atoms with Gasteiger partial charge >= 0.3 is 5.97 Å². The molecule has 0 radical (unpaired) electrons. The van der Waals surface area contributed by atoms with E-state index < -0.39 is 11.9 Å². The van der Waals surface area contributed by atoms with Crippen molar-refractivity contribution in [1.82, 2.24) is 5.32 Å². The molecule has 0 aliphatic rings.